The van der Waals surface area contributed by atoms with Gasteiger partial charge >= 0.3 is 0 Å². The second-order valence-corrected chi connectivity index (χ2v) is 26.0. The van der Waals surface area contributed by atoms with Gasteiger partial charge in [-0.1, -0.05) is 255 Å². The third-order valence-electron chi connectivity index (χ3n) is 18.9. The van der Waals surface area contributed by atoms with Crippen molar-refractivity contribution in [3.63, 3.8) is 0 Å². The lowest BCUT2D eigenvalue weighted by molar-refractivity contribution is 0.670. The summed E-state index contributed by atoms with van der Waals surface area (Å²) in [5, 5.41) is 9.74. The predicted octanol–water partition coefficient (Wildman–Crippen LogP) is 23.5. The molecular weight excluding hydrogens is 1240 g/mol. The van der Waals surface area contributed by atoms with E-state index in [4.69, 9.17) is 34.3 Å². The Morgan fingerprint density at radius 2 is 0.570 bits per heavy atom. The molecule has 20 aromatic rings. The van der Waals surface area contributed by atoms with Crippen molar-refractivity contribution in [2.24, 2.45) is 0 Å². The van der Waals surface area contributed by atoms with Crippen molar-refractivity contribution >= 4 is 97.1 Å². The molecule has 468 valence electrons. The molecule has 0 N–H and O–H groups in total. The molecule has 0 bridgehead atoms. The molecule has 0 atom stereocenters. The third-order valence-corrected chi connectivity index (χ3v) is 20.2. The molecule has 0 saturated heterocycles. The summed E-state index contributed by atoms with van der Waals surface area (Å²) in [4.78, 5) is 29.5. The zero-order valence-corrected chi connectivity index (χ0v) is 54.5. The minimum absolute atomic E-state index is 0.632. The lowest BCUT2D eigenvalue weighted by atomic mass is 10.0. The highest BCUT2D eigenvalue weighted by atomic mass is 32.1. The fourth-order valence-electron chi connectivity index (χ4n) is 14.2. The smallest absolute Gasteiger partial charge is 0.164 e. The maximum atomic E-state index is 6.43. The quantitative estimate of drug-likeness (QED) is 0.134. The second kappa shape index (κ2) is 24.4. The predicted molar refractivity (Wildman–Crippen MR) is 412 cm³/mol. The Bertz CT molecular complexity index is 5990. The fourth-order valence-corrected chi connectivity index (χ4v) is 15.4. The molecule has 0 fully saturated rings. The van der Waals surface area contributed by atoms with Crippen LogP contribution in [0.15, 0.2) is 344 Å². The van der Waals surface area contributed by atoms with E-state index in [1.807, 2.05) is 145 Å². The zero-order valence-electron chi connectivity index (χ0n) is 53.7. The van der Waals surface area contributed by atoms with Gasteiger partial charge in [-0.15, -0.1) is 11.3 Å². The number of hydrogen-bond donors (Lipinski definition) is 0. The van der Waals surface area contributed by atoms with E-state index in [-0.39, 0.29) is 0 Å². The molecule has 9 nitrogen and oxygen atoms in total. The first kappa shape index (κ1) is 58.1. The number of furan rings is 1. The number of fused-ring (bicyclic) bond motifs is 12. The number of hydrogen-bond acceptors (Lipinski definition) is 8. The summed E-state index contributed by atoms with van der Waals surface area (Å²) in [6, 6.07) is 118. The van der Waals surface area contributed by atoms with Crippen molar-refractivity contribution in [2.75, 3.05) is 0 Å². The van der Waals surface area contributed by atoms with Crippen molar-refractivity contribution in [2.45, 2.75) is 0 Å². The molecule has 0 spiro atoms. The van der Waals surface area contributed by atoms with Gasteiger partial charge in [-0.2, -0.15) is 0 Å². The Morgan fingerprint density at radius 1 is 0.230 bits per heavy atom. The van der Waals surface area contributed by atoms with Crippen LogP contribution >= 0.6 is 11.3 Å². The van der Waals surface area contributed by atoms with Gasteiger partial charge in [0, 0.05) is 103 Å². The Balaban J connectivity index is 0.000000139. The number of rotatable bonds is 10. The fraction of sp³-hybridized carbons (Fsp3) is 0. The van der Waals surface area contributed by atoms with Crippen molar-refractivity contribution in [1.29, 1.82) is 0 Å². The average Bonchev–Trinajstić information content (AvgIpc) is 1.58. The Labute approximate surface area is 578 Å². The van der Waals surface area contributed by atoms with Crippen LogP contribution in [0.4, 0.5) is 0 Å². The molecule has 6 heterocycles. The van der Waals surface area contributed by atoms with E-state index >= 15 is 0 Å². The van der Waals surface area contributed by atoms with Crippen LogP contribution < -0.4 is 0 Å². The van der Waals surface area contributed by atoms with Crippen molar-refractivity contribution in [3.8, 4) is 102 Å². The summed E-state index contributed by atoms with van der Waals surface area (Å²) in [7, 11) is 0. The SMILES string of the molecule is c1ccc(-c2nc(-c3ccccc3)nc(-c3ccc(-n4c5ccccc5c5ccc(-c6cccc7c6oc6ccccc67)cc54)cc3)n2)cc1.c1ccc(-c2nc(-c3ccccc3)nc(-c3ccc(-n4c5ccccc5c5ccc(-c6cccc7c6sc6ccccc67)cc54)cc3)n2)cc1. The molecule has 6 aromatic heterocycles. The van der Waals surface area contributed by atoms with Gasteiger partial charge < -0.3 is 13.6 Å². The van der Waals surface area contributed by atoms with Gasteiger partial charge in [-0.3, -0.25) is 0 Å². The molecule has 0 saturated carbocycles. The van der Waals surface area contributed by atoms with Crippen LogP contribution in [0.25, 0.3) is 188 Å². The third kappa shape index (κ3) is 10.2. The van der Waals surface area contributed by atoms with E-state index in [1.54, 1.807) is 0 Å². The first-order valence-electron chi connectivity index (χ1n) is 33.4. The van der Waals surface area contributed by atoms with Crippen LogP contribution in [-0.2, 0) is 0 Å². The number of nitrogens with zero attached hydrogens (tertiary/aromatic N) is 8. The monoisotopic (exact) mass is 1300 g/mol. The van der Waals surface area contributed by atoms with Crippen LogP contribution in [0.3, 0.4) is 0 Å². The average molecular weight is 1300 g/mol. The molecule has 100 heavy (non-hydrogen) atoms. The van der Waals surface area contributed by atoms with E-state index < -0.39 is 0 Å². The maximum absolute atomic E-state index is 6.43. The lowest BCUT2D eigenvalue weighted by Gasteiger charge is -2.11. The topological polar surface area (TPSA) is 100 Å². The van der Waals surface area contributed by atoms with Gasteiger partial charge in [0.1, 0.15) is 11.2 Å². The molecule has 0 aliphatic rings. The van der Waals surface area contributed by atoms with Crippen molar-refractivity contribution in [1.82, 2.24) is 39.0 Å². The summed E-state index contributed by atoms with van der Waals surface area (Å²) < 4.78 is 13.8. The lowest BCUT2D eigenvalue weighted by Crippen LogP contribution is -2.00. The molecule has 0 aliphatic carbocycles. The highest BCUT2D eigenvalue weighted by Crippen LogP contribution is 2.44. The van der Waals surface area contributed by atoms with Gasteiger partial charge in [-0.25, -0.2) is 29.9 Å². The number of benzene rings is 14. The maximum Gasteiger partial charge on any atom is 0.164 e. The summed E-state index contributed by atoms with van der Waals surface area (Å²) in [6.45, 7) is 0. The summed E-state index contributed by atoms with van der Waals surface area (Å²) >= 11 is 1.87. The first-order chi connectivity index (χ1) is 49.6. The van der Waals surface area contributed by atoms with Gasteiger partial charge in [0.05, 0.1) is 22.1 Å². The highest BCUT2D eigenvalue weighted by molar-refractivity contribution is 7.26. The van der Waals surface area contributed by atoms with E-state index in [0.29, 0.717) is 34.9 Å². The minimum Gasteiger partial charge on any atom is -0.455 e. The Kier molecular flexibility index (Phi) is 14.2. The minimum atomic E-state index is 0.632. The van der Waals surface area contributed by atoms with E-state index in [1.165, 1.54) is 63.9 Å². The molecule has 0 radical (unpaired) electrons. The number of thiophene rings is 1. The second-order valence-electron chi connectivity index (χ2n) is 24.9. The van der Waals surface area contributed by atoms with Gasteiger partial charge in [0.25, 0.3) is 0 Å². The van der Waals surface area contributed by atoms with Crippen molar-refractivity contribution in [3.05, 3.63) is 340 Å². The summed E-state index contributed by atoms with van der Waals surface area (Å²) in [6.07, 6.45) is 0. The first-order valence-corrected chi connectivity index (χ1v) is 34.2. The van der Waals surface area contributed by atoms with E-state index in [0.717, 1.165) is 88.9 Å². The van der Waals surface area contributed by atoms with Crippen molar-refractivity contribution < 1.29 is 4.42 Å². The van der Waals surface area contributed by atoms with E-state index in [2.05, 4.69) is 215 Å². The zero-order chi connectivity index (χ0) is 66.0. The number of aromatic nitrogens is 8. The van der Waals surface area contributed by atoms with Gasteiger partial charge in [0.15, 0.2) is 34.9 Å². The van der Waals surface area contributed by atoms with Crippen LogP contribution in [0.1, 0.15) is 0 Å². The molecule has 10 heteroatoms. The van der Waals surface area contributed by atoms with Gasteiger partial charge in [0.2, 0.25) is 0 Å². The molecule has 0 unspecified atom stereocenters. The summed E-state index contributed by atoms with van der Waals surface area (Å²) in [5.41, 5.74) is 18.9. The Hall–Kier alpha value is -13.3. The standard InChI is InChI=1S/C45H28N4O.C45H28N4S/c2*1-3-12-29(13-4-1)43-46-44(30-14-5-2-6-15-30)48-45(47-43)31-22-25-33(26-23-31)49-39-20-9-7-16-35(39)36-27-24-32(28-40(36)49)34-18-11-19-38-37-17-8-10-21-41(37)50-42(34)38/h2*1-28H. The highest BCUT2D eigenvalue weighted by Gasteiger charge is 2.21. The molecule has 14 aromatic carbocycles. The molecule has 20 rings (SSSR count). The number of para-hydroxylation sites is 4. The van der Waals surface area contributed by atoms with Crippen LogP contribution in [-0.4, -0.2) is 39.0 Å². The van der Waals surface area contributed by atoms with E-state index in [9.17, 15) is 0 Å². The molecular formula is C90H56N8OS. The van der Waals surface area contributed by atoms with Crippen LogP contribution in [0.2, 0.25) is 0 Å². The van der Waals surface area contributed by atoms with Crippen LogP contribution in [0, 0.1) is 0 Å². The van der Waals surface area contributed by atoms with Gasteiger partial charge in [-0.05, 0) is 102 Å². The normalized spacial score (nSPS) is 11.6. The molecule has 0 aliphatic heterocycles. The Morgan fingerprint density at radius 3 is 1.04 bits per heavy atom. The molecule has 0 amide bonds. The largest absolute Gasteiger partial charge is 0.455 e. The summed E-state index contributed by atoms with van der Waals surface area (Å²) in [5.74, 6) is 3.88. The van der Waals surface area contributed by atoms with Crippen LogP contribution in [0.5, 0.6) is 0 Å².